The van der Waals surface area contributed by atoms with Gasteiger partial charge in [-0.2, -0.15) is 0 Å². The quantitative estimate of drug-likeness (QED) is 0.652. The molecular weight excluding hydrogens is 350 g/mol. The van der Waals surface area contributed by atoms with E-state index in [1.807, 2.05) is 24.3 Å². The molecule has 1 aromatic carbocycles. The molecule has 4 nitrogen and oxygen atoms in total. The molecule has 3 aromatic rings. The summed E-state index contributed by atoms with van der Waals surface area (Å²) in [5.74, 6) is 0. The third-order valence-electron chi connectivity index (χ3n) is 3.17. The number of aryl methyl sites for hydroxylation is 1. The van der Waals surface area contributed by atoms with E-state index in [4.69, 9.17) is 0 Å². The van der Waals surface area contributed by atoms with Gasteiger partial charge in [0.25, 0.3) is 5.56 Å². The van der Waals surface area contributed by atoms with E-state index in [0.717, 1.165) is 28.0 Å². The highest BCUT2D eigenvalue weighted by Crippen LogP contribution is 2.27. The lowest BCUT2D eigenvalue weighted by molar-refractivity contribution is 1.06. The van der Waals surface area contributed by atoms with Crippen LogP contribution in [0.15, 0.2) is 45.7 Å². The van der Waals surface area contributed by atoms with Gasteiger partial charge in [0.05, 0.1) is 5.69 Å². The monoisotopic (exact) mass is 363 g/mol. The Morgan fingerprint density at radius 2 is 1.95 bits per heavy atom. The lowest BCUT2D eigenvalue weighted by Gasteiger charge is -2.05. The summed E-state index contributed by atoms with van der Waals surface area (Å²) in [7, 11) is 0. The SMILES string of the molecule is Cc1sc(CNc2ccc(-c3cc(=O)[nH][nH]3)cc2)cc1Br. The van der Waals surface area contributed by atoms with Crippen LogP contribution in [0, 0.1) is 6.92 Å². The fourth-order valence-electron chi connectivity index (χ4n) is 2.05. The second-order valence-electron chi connectivity index (χ2n) is 4.72. The van der Waals surface area contributed by atoms with Crippen LogP contribution >= 0.6 is 27.3 Å². The molecule has 0 fully saturated rings. The lowest BCUT2D eigenvalue weighted by Crippen LogP contribution is -1.96. The summed E-state index contributed by atoms with van der Waals surface area (Å²) in [6.07, 6.45) is 0. The first-order chi connectivity index (χ1) is 10.1. The zero-order valence-corrected chi connectivity index (χ0v) is 13.8. The van der Waals surface area contributed by atoms with E-state index >= 15 is 0 Å². The topological polar surface area (TPSA) is 60.7 Å². The molecule has 3 N–H and O–H groups in total. The van der Waals surface area contributed by atoms with Gasteiger partial charge >= 0.3 is 0 Å². The minimum atomic E-state index is -0.120. The molecule has 0 aliphatic heterocycles. The van der Waals surface area contributed by atoms with Gasteiger partial charge in [-0.05, 0) is 46.6 Å². The molecule has 21 heavy (non-hydrogen) atoms. The highest BCUT2D eigenvalue weighted by Gasteiger charge is 2.03. The van der Waals surface area contributed by atoms with Gasteiger partial charge < -0.3 is 5.32 Å². The van der Waals surface area contributed by atoms with E-state index in [1.54, 1.807) is 17.4 Å². The highest BCUT2D eigenvalue weighted by molar-refractivity contribution is 9.10. The normalized spacial score (nSPS) is 10.8. The van der Waals surface area contributed by atoms with Gasteiger partial charge in [0.15, 0.2) is 0 Å². The fraction of sp³-hybridized carbons (Fsp3) is 0.133. The van der Waals surface area contributed by atoms with Gasteiger partial charge in [-0.15, -0.1) is 11.3 Å². The summed E-state index contributed by atoms with van der Waals surface area (Å²) >= 11 is 5.31. The molecule has 0 spiro atoms. The average molecular weight is 364 g/mol. The van der Waals surface area contributed by atoms with Gasteiger partial charge in [-0.25, -0.2) is 0 Å². The summed E-state index contributed by atoms with van der Waals surface area (Å²) in [5.41, 5.74) is 2.71. The van der Waals surface area contributed by atoms with Crippen molar-refractivity contribution in [3.8, 4) is 11.3 Å². The van der Waals surface area contributed by atoms with Crippen molar-refractivity contribution in [1.82, 2.24) is 10.2 Å². The van der Waals surface area contributed by atoms with E-state index in [9.17, 15) is 4.79 Å². The third-order valence-corrected chi connectivity index (χ3v) is 5.30. The lowest BCUT2D eigenvalue weighted by atomic mass is 10.1. The number of nitrogens with one attached hydrogen (secondary N) is 3. The summed E-state index contributed by atoms with van der Waals surface area (Å²) in [6.45, 7) is 2.90. The molecule has 108 valence electrons. The van der Waals surface area contributed by atoms with Gasteiger partial charge in [0.1, 0.15) is 0 Å². The minimum Gasteiger partial charge on any atom is -0.380 e. The number of aromatic nitrogens is 2. The van der Waals surface area contributed by atoms with Crippen LogP contribution in [0.1, 0.15) is 9.75 Å². The molecule has 6 heteroatoms. The number of anilines is 1. The third kappa shape index (κ3) is 3.28. The van der Waals surface area contributed by atoms with Crippen LogP contribution in [0.2, 0.25) is 0 Å². The number of thiophene rings is 1. The molecule has 0 aliphatic rings. The largest absolute Gasteiger partial charge is 0.380 e. The molecule has 0 aliphatic carbocycles. The summed E-state index contributed by atoms with van der Waals surface area (Å²) in [6, 6.07) is 11.7. The smallest absolute Gasteiger partial charge is 0.264 e. The maximum Gasteiger partial charge on any atom is 0.264 e. The van der Waals surface area contributed by atoms with E-state index in [2.05, 4.69) is 44.4 Å². The molecule has 2 heterocycles. The first kappa shape index (κ1) is 14.2. The van der Waals surface area contributed by atoms with Crippen molar-refractivity contribution in [2.45, 2.75) is 13.5 Å². The molecule has 0 bridgehead atoms. The molecule has 0 atom stereocenters. The number of halogens is 1. The zero-order valence-electron chi connectivity index (χ0n) is 11.4. The van der Waals surface area contributed by atoms with Crippen molar-refractivity contribution in [2.75, 3.05) is 5.32 Å². The standard InChI is InChI=1S/C15H14BrN3OS/c1-9-13(16)6-12(21-9)8-17-11-4-2-10(3-5-11)14-7-15(20)19-18-14/h2-7,17H,8H2,1H3,(H2,18,19,20). The van der Waals surface area contributed by atoms with Crippen molar-refractivity contribution in [1.29, 1.82) is 0 Å². The predicted octanol–water partition coefficient (Wildman–Crippen LogP) is 4.11. The van der Waals surface area contributed by atoms with Crippen LogP contribution in [0.5, 0.6) is 0 Å². The highest BCUT2D eigenvalue weighted by atomic mass is 79.9. The van der Waals surface area contributed by atoms with Gasteiger partial charge in [-0.3, -0.25) is 15.0 Å². The van der Waals surface area contributed by atoms with Crippen molar-refractivity contribution in [2.24, 2.45) is 0 Å². The van der Waals surface area contributed by atoms with Gasteiger partial charge in [-0.1, -0.05) is 12.1 Å². The van der Waals surface area contributed by atoms with Crippen molar-refractivity contribution >= 4 is 33.0 Å². The molecule has 0 saturated heterocycles. The first-order valence-corrected chi connectivity index (χ1v) is 8.09. The Hall–Kier alpha value is -1.79. The molecule has 0 saturated carbocycles. The molecule has 0 radical (unpaired) electrons. The summed E-state index contributed by atoms with van der Waals surface area (Å²) in [5, 5.41) is 8.78. The Kier molecular flexibility index (Phi) is 3.98. The second-order valence-corrected chi connectivity index (χ2v) is 6.92. The molecule has 0 amide bonds. The van der Waals surface area contributed by atoms with E-state index in [-0.39, 0.29) is 5.56 Å². The molecule has 2 aromatic heterocycles. The minimum absolute atomic E-state index is 0.120. The number of benzene rings is 1. The van der Waals surface area contributed by atoms with Crippen molar-refractivity contribution in [3.63, 3.8) is 0 Å². The fourth-order valence-corrected chi connectivity index (χ4v) is 3.59. The molecular formula is C15H14BrN3OS. The Morgan fingerprint density at radius 1 is 1.19 bits per heavy atom. The van der Waals surface area contributed by atoms with Crippen LogP contribution in [0.4, 0.5) is 5.69 Å². The first-order valence-electron chi connectivity index (χ1n) is 6.48. The van der Waals surface area contributed by atoms with E-state index < -0.39 is 0 Å². The zero-order chi connectivity index (χ0) is 14.8. The van der Waals surface area contributed by atoms with Gasteiger partial charge in [0.2, 0.25) is 0 Å². The van der Waals surface area contributed by atoms with Crippen LogP contribution in [-0.2, 0) is 6.54 Å². The second kappa shape index (κ2) is 5.91. The van der Waals surface area contributed by atoms with Crippen LogP contribution in [0.25, 0.3) is 11.3 Å². The average Bonchev–Trinajstić information content (AvgIpc) is 3.04. The van der Waals surface area contributed by atoms with Crippen LogP contribution in [0.3, 0.4) is 0 Å². The number of hydrogen-bond donors (Lipinski definition) is 3. The summed E-state index contributed by atoms with van der Waals surface area (Å²) in [4.78, 5) is 13.7. The summed E-state index contributed by atoms with van der Waals surface area (Å²) < 4.78 is 1.16. The Labute approximate surface area is 134 Å². The predicted molar refractivity (Wildman–Crippen MR) is 90.9 cm³/mol. The number of rotatable bonds is 4. The Bertz CT molecular complexity index is 781. The maximum absolute atomic E-state index is 11.1. The number of H-pyrrole nitrogens is 2. The number of aromatic amines is 2. The Morgan fingerprint density at radius 3 is 2.52 bits per heavy atom. The van der Waals surface area contributed by atoms with Crippen molar-refractivity contribution in [3.05, 3.63) is 61.0 Å². The van der Waals surface area contributed by atoms with Crippen molar-refractivity contribution < 1.29 is 0 Å². The van der Waals surface area contributed by atoms with E-state index in [0.29, 0.717) is 0 Å². The van der Waals surface area contributed by atoms with Gasteiger partial charge in [0, 0.05) is 32.5 Å². The van der Waals surface area contributed by atoms with Crippen LogP contribution < -0.4 is 10.9 Å². The number of hydrogen-bond acceptors (Lipinski definition) is 3. The molecule has 3 rings (SSSR count). The molecule has 0 unspecified atom stereocenters. The van der Waals surface area contributed by atoms with Crippen LogP contribution in [-0.4, -0.2) is 10.2 Å². The van der Waals surface area contributed by atoms with E-state index in [1.165, 1.54) is 9.75 Å². The maximum atomic E-state index is 11.1. The Balaban J connectivity index is 1.68.